The van der Waals surface area contributed by atoms with E-state index in [2.05, 4.69) is 25.9 Å². The third-order valence-corrected chi connectivity index (χ3v) is 13.9. The molecule has 3 aromatic carbocycles. The lowest BCUT2D eigenvalue weighted by Gasteiger charge is -2.35. The predicted octanol–water partition coefficient (Wildman–Crippen LogP) is 9.03. The Kier molecular flexibility index (Phi) is 15.9. The van der Waals surface area contributed by atoms with Gasteiger partial charge in [-0.05, 0) is 117 Å². The number of nitrogens with zero attached hydrogens (tertiary/aromatic N) is 6. The number of benzene rings is 3. The predicted molar refractivity (Wildman–Crippen MR) is 271 cm³/mol. The number of thiazole rings is 1. The van der Waals surface area contributed by atoms with Gasteiger partial charge in [-0.2, -0.15) is 18.4 Å². The molecule has 14 nitrogen and oxygen atoms in total. The first kappa shape index (κ1) is 52.1. The van der Waals surface area contributed by atoms with Crippen molar-refractivity contribution in [3.8, 4) is 27.6 Å². The Balaban J connectivity index is 0.833. The highest BCUT2D eigenvalue weighted by Gasteiger charge is 2.51. The van der Waals surface area contributed by atoms with Gasteiger partial charge in [0.15, 0.2) is 10.8 Å². The molecule has 0 saturated carbocycles. The fraction of sp³-hybridized carbons (Fsp3) is 0.385. The van der Waals surface area contributed by atoms with Crippen LogP contribution in [0.4, 0.5) is 30.2 Å². The highest BCUT2D eigenvalue weighted by Crippen LogP contribution is 2.40. The zero-order chi connectivity index (χ0) is 51.3. The molecule has 0 radical (unpaired) electrons. The number of pyridine rings is 1. The number of carbonyl (C=O) groups excluding carboxylic acids is 4. The average Bonchev–Trinajstić information content (AvgIpc) is 4.05. The Morgan fingerprint density at radius 3 is 2.24 bits per heavy atom. The van der Waals surface area contributed by atoms with Crippen molar-refractivity contribution in [2.45, 2.75) is 97.6 Å². The van der Waals surface area contributed by atoms with Crippen molar-refractivity contribution in [3.63, 3.8) is 0 Å². The number of likely N-dealkylation sites (tertiary alicyclic amines) is 1. The van der Waals surface area contributed by atoms with E-state index in [4.69, 9.17) is 17.0 Å². The number of unbranched alkanes of at least 4 members (excludes halogenated alkanes) is 1. The minimum absolute atomic E-state index is 0.0221. The summed E-state index contributed by atoms with van der Waals surface area (Å²) in [4.78, 5) is 67.4. The summed E-state index contributed by atoms with van der Waals surface area (Å²) in [6.07, 6.45) is -1.14. The van der Waals surface area contributed by atoms with Crippen molar-refractivity contribution in [1.29, 1.82) is 5.26 Å². The summed E-state index contributed by atoms with van der Waals surface area (Å²) >= 11 is 7.24. The number of aryl methyl sites for hydroxylation is 1. The molecule has 71 heavy (non-hydrogen) atoms. The van der Waals surface area contributed by atoms with Crippen LogP contribution in [0, 0.1) is 23.7 Å². The second kappa shape index (κ2) is 21.7. The normalized spacial score (nSPS) is 16.2. The number of amides is 4. The molecule has 0 bridgehead atoms. The minimum atomic E-state index is -4.86. The van der Waals surface area contributed by atoms with Gasteiger partial charge in [0.05, 0.1) is 33.5 Å². The summed E-state index contributed by atoms with van der Waals surface area (Å²) in [5.74, 6) is -1.46. The van der Waals surface area contributed by atoms with Crippen LogP contribution in [-0.2, 0) is 36.6 Å². The number of hydrogen-bond donors (Lipinski definition) is 3. The van der Waals surface area contributed by atoms with Crippen molar-refractivity contribution in [2.75, 3.05) is 41.4 Å². The fourth-order valence-corrected chi connectivity index (χ4v) is 9.96. The van der Waals surface area contributed by atoms with Crippen molar-refractivity contribution in [1.82, 2.24) is 25.5 Å². The van der Waals surface area contributed by atoms with Gasteiger partial charge in [-0.3, -0.25) is 24.1 Å². The zero-order valence-corrected chi connectivity index (χ0v) is 42.0. The van der Waals surface area contributed by atoms with Crippen LogP contribution in [0.2, 0.25) is 0 Å². The molecule has 2 saturated heterocycles. The number of rotatable bonds is 17. The maximum atomic E-state index is 14.0. The van der Waals surface area contributed by atoms with Gasteiger partial charge in [-0.1, -0.05) is 69.3 Å². The van der Waals surface area contributed by atoms with Crippen LogP contribution in [-0.4, -0.2) is 87.5 Å². The van der Waals surface area contributed by atoms with Gasteiger partial charge in [0.25, 0.3) is 5.91 Å². The maximum absolute atomic E-state index is 14.0. The molecule has 0 aliphatic carbocycles. The SMILES string of the molecule is Cc1ncsc1-c1ccc(CNC(=O)[C@@H]2CCCN2C(=O)C(NC(=O)COCCCCNc2ccc(-c3ccc(N4C(=S)N(c5cnc(C#N)c(C(F)(F)F)c5)C(=O)C4(C)C)cc3)cc2)C(C)(C)C)cc1. The van der Waals surface area contributed by atoms with Gasteiger partial charge in [0.2, 0.25) is 17.7 Å². The lowest BCUT2D eigenvalue weighted by Crippen LogP contribution is -2.58. The van der Waals surface area contributed by atoms with Gasteiger partial charge >= 0.3 is 6.18 Å². The number of carbonyl (C=O) groups is 4. The van der Waals surface area contributed by atoms with Crippen LogP contribution in [0.25, 0.3) is 21.6 Å². The van der Waals surface area contributed by atoms with Gasteiger partial charge < -0.3 is 30.5 Å². The van der Waals surface area contributed by atoms with Crippen LogP contribution in [0.3, 0.4) is 0 Å². The molecule has 2 aliphatic rings. The Labute approximate surface area is 420 Å². The molecule has 19 heteroatoms. The van der Waals surface area contributed by atoms with Crippen molar-refractivity contribution >= 4 is 69.4 Å². The number of alkyl halides is 3. The summed E-state index contributed by atoms with van der Waals surface area (Å²) in [5.41, 5.74) is 4.00. The first-order valence-electron chi connectivity index (χ1n) is 23.2. The van der Waals surface area contributed by atoms with Crippen molar-refractivity contribution in [3.05, 3.63) is 113 Å². The molecule has 2 fully saturated rings. The molecule has 7 rings (SSSR count). The molecule has 4 heterocycles. The second-order valence-corrected chi connectivity index (χ2v) is 20.3. The number of nitrogens with one attached hydrogen (secondary N) is 3. The number of halogens is 3. The van der Waals surface area contributed by atoms with E-state index in [9.17, 15) is 37.6 Å². The Morgan fingerprint density at radius 2 is 1.62 bits per heavy atom. The highest BCUT2D eigenvalue weighted by molar-refractivity contribution is 7.81. The summed E-state index contributed by atoms with van der Waals surface area (Å²) in [6, 6.07) is 23.8. The molecule has 2 aliphatic heterocycles. The Hall–Kier alpha value is -6.75. The summed E-state index contributed by atoms with van der Waals surface area (Å²) in [5, 5.41) is 18.4. The smallest absolute Gasteiger partial charge is 0.385 e. The average molecular weight is 1010 g/mol. The Bertz CT molecular complexity index is 2810. The van der Waals surface area contributed by atoms with Crippen LogP contribution in [0.15, 0.2) is 90.6 Å². The third kappa shape index (κ3) is 11.9. The summed E-state index contributed by atoms with van der Waals surface area (Å²) < 4.78 is 46.9. The number of thiocarbonyl (C=S) groups is 1. The minimum Gasteiger partial charge on any atom is -0.385 e. The molecule has 3 N–H and O–H groups in total. The van der Waals surface area contributed by atoms with E-state index in [-0.39, 0.29) is 29.2 Å². The first-order valence-corrected chi connectivity index (χ1v) is 24.5. The van der Waals surface area contributed by atoms with E-state index in [1.165, 1.54) is 6.07 Å². The molecular formula is C52H56F3N9O5S2. The van der Waals surface area contributed by atoms with Crippen LogP contribution < -0.4 is 25.8 Å². The maximum Gasteiger partial charge on any atom is 0.419 e. The van der Waals surface area contributed by atoms with E-state index in [0.29, 0.717) is 57.3 Å². The molecule has 0 spiro atoms. The van der Waals surface area contributed by atoms with Crippen molar-refractivity contribution < 1.29 is 37.1 Å². The lowest BCUT2D eigenvalue weighted by atomic mass is 9.85. The zero-order valence-electron chi connectivity index (χ0n) is 40.4. The molecular weight excluding hydrogens is 952 g/mol. The van der Waals surface area contributed by atoms with Gasteiger partial charge in [0, 0.05) is 37.6 Å². The molecule has 2 atom stereocenters. The number of hydrogen-bond acceptors (Lipinski definition) is 11. The van der Waals surface area contributed by atoms with E-state index in [0.717, 1.165) is 56.0 Å². The quantitative estimate of drug-likeness (QED) is 0.0600. The van der Waals surface area contributed by atoms with E-state index < -0.39 is 52.3 Å². The van der Waals surface area contributed by atoms with E-state index in [1.807, 2.05) is 93.9 Å². The highest BCUT2D eigenvalue weighted by atomic mass is 32.1. The van der Waals surface area contributed by atoms with Crippen LogP contribution in [0.5, 0.6) is 0 Å². The summed E-state index contributed by atoms with van der Waals surface area (Å²) in [7, 11) is 0. The van der Waals surface area contributed by atoms with Crippen LogP contribution >= 0.6 is 23.6 Å². The van der Waals surface area contributed by atoms with E-state index >= 15 is 0 Å². The van der Waals surface area contributed by atoms with Gasteiger partial charge in [-0.25, -0.2) is 9.97 Å². The number of ether oxygens (including phenoxy) is 1. The largest absolute Gasteiger partial charge is 0.419 e. The first-order chi connectivity index (χ1) is 33.7. The van der Waals surface area contributed by atoms with Crippen molar-refractivity contribution in [2.24, 2.45) is 5.41 Å². The van der Waals surface area contributed by atoms with Gasteiger partial charge in [0.1, 0.15) is 30.3 Å². The third-order valence-electron chi connectivity index (χ3n) is 12.5. The summed E-state index contributed by atoms with van der Waals surface area (Å²) in [6.45, 7) is 12.4. The second-order valence-electron chi connectivity index (χ2n) is 19.1. The van der Waals surface area contributed by atoms with E-state index in [1.54, 1.807) is 47.1 Å². The molecule has 4 amide bonds. The number of nitriles is 1. The Morgan fingerprint density at radius 1 is 0.958 bits per heavy atom. The lowest BCUT2D eigenvalue weighted by molar-refractivity contribution is -0.144. The molecule has 5 aromatic rings. The topological polar surface area (TPSA) is 173 Å². The number of aromatic nitrogens is 2. The molecule has 2 aromatic heterocycles. The fourth-order valence-electron chi connectivity index (χ4n) is 8.63. The number of anilines is 3. The standard InChI is InChI=1S/C52H56F3N9O5S2/c1-32-44(71-31-60-32)36-13-11-33(12-14-36)28-59-46(66)42-10-9-24-62(42)47(67)45(50(2,3)4)61-43(65)30-69-25-8-7-23-57-37-19-15-34(16-20-37)35-17-21-38(22-18-35)64-49(70)63(48(68)51(64,5)6)39-26-40(52(53,54)55)41(27-56)58-29-39/h11-22,26,29,31,42,45,57H,7-10,23-25,28,30H2,1-6H3,(H,59,66)(H,61,65)/t42-,45?/m0/s1. The monoisotopic (exact) mass is 1010 g/mol. The molecule has 372 valence electrons. The van der Waals surface area contributed by atoms with Gasteiger partial charge in [-0.15, -0.1) is 11.3 Å². The molecule has 1 unspecified atom stereocenters. The van der Waals surface area contributed by atoms with Crippen LogP contribution in [0.1, 0.15) is 82.8 Å².